The quantitative estimate of drug-likeness (QED) is 0.633. The van der Waals surface area contributed by atoms with Gasteiger partial charge < -0.3 is 4.74 Å². The van der Waals surface area contributed by atoms with Gasteiger partial charge in [-0.15, -0.1) is 0 Å². The smallest absolute Gasteiger partial charge is 0.0666 e. The first-order chi connectivity index (χ1) is 7.99. The Hall–Kier alpha value is -0.820. The van der Waals surface area contributed by atoms with Crippen molar-refractivity contribution in [2.24, 2.45) is 5.92 Å². The van der Waals surface area contributed by atoms with Crippen molar-refractivity contribution in [3.8, 4) is 0 Å². The van der Waals surface area contributed by atoms with Gasteiger partial charge >= 0.3 is 0 Å². The first kappa shape index (κ1) is 14.2. The van der Waals surface area contributed by atoms with Gasteiger partial charge in [0.15, 0.2) is 0 Å². The monoisotopic (exact) mass is 234 g/mol. The number of benzene rings is 1. The van der Waals surface area contributed by atoms with E-state index >= 15 is 0 Å². The maximum absolute atomic E-state index is 5.98. The second-order valence-corrected chi connectivity index (χ2v) is 5.81. The Morgan fingerprint density at radius 1 is 1.12 bits per heavy atom. The highest BCUT2D eigenvalue weighted by molar-refractivity contribution is 5.16. The van der Waals surface area contributed by atoms with Crippen LogP contribution in [0.2, 0.25) is 0 Å². The summed E-state index contributed by atoms with van der Waals surface area (Å²) in [4.78, 5) is 0. The molecule has 0 amide bonds. The van der Waals surface area contributed by atoms with E-state index in [0.29, 0.717) is 0 Å². The van der Waals surface area contributed by atoms with E-state index in [0.717, 1.165) is 25.4 Å². The molecule has 1 rings (SSSR count). The lowest BCUT2D eigenvalue weighted by Crippen LogP contribution is -2.28. The van der Waals surface area contributed by atoms with E-state index in [1.807, 2.05) is 0 Å². The summed E-state index contributed by atoms with van der Waals surface area (Å²) in [6.45, 7) is 9.74. The van der Waals surface area contributed by atoms with Crippen LogP contribution in [0.1, 0.15) is 46.1 Å². The van der Waals surface area contributed by atoms with Gasteiger partial charge in [0, 0.05) is 13.0 Å². The molecule has 0 saturated carbocycles. The second kappa shape index (κ2) is 6.80. The van der Waals surface area contributed by atoms with Crippen molar-refractivity contribution in [3.05, 3.63) is 35.9 Å². The van der Waals surface area contributed by atoms with Crippen molar-refractivity contribution < 1.29 is 4.74 Å². The summed E-state index contributed by atoms with van der Waals surface area (Å²) in [5.41, 5.74) is 1.29. The minimum atomic E-state index is -0.0572. The molecule has 0 unspecified atom stereocenters. The molecule has 1 nitrogen and oxygen atoms in total. The number of ether oxygens (including phenoxy) is 1. The molecule has 0 saturated heterocycles. The summed E-state index contributed by atoms with van der Waals surface area (Å²) in [5.74, 6) is 0.774. The van der Waals surface area contributed by atoms with Gasteiger partial charge in [-0.3, -0.25) is 0 Å². The Labute approximate surface area is 106 Å². The van der Waals surface area contributed by atoms with Gasteiger partial charge in [0.05, 0.1) is 5.60 Å². The van der Waals surface area contributed by atoms with Crippen LogP contribution >= 0.6 is 0 Å². The van der Waals surface area contributed by atoms with Crippen LogP contribution in [0.25, 0.3) is 0 Å². The summed E-state index contributed by atoms with van der Waals surface area (Å²) in [5, 5.41) is 0. The van der Waals surface area contributed by atoms with Crippen LogP contribution in [-0.4, -0.2) is 12.2 Å². The van der Waals surface area contributed by atoms with Crippen LogP contribution in [0.3, 0.4) is 0 Å². The third-order valence-electron chi connectivity index (χ3n) is 2.89. The lowest BCUT2D eigenvalue weighted by Gasteiger charge is -2.25. The highest BCUT2D eigenvalue weighted by Crippen LogP contribution is 2.17. The van der Waals surface area contributed by atoms with Gasteiger partial charge in [0.1, 0.15) is 0 Å². The highest BCUT2D eigenvalue weighted by atomic mass is 16.5. The molecule has 0 aromatic heterocycles. The molecule has 0 N–H and O–H groups in total. The van der Waals surface area contributed by atoms with Gasteiger partial charge in [0.25, 0.3) is 0 Å². The van der Waals surface area contributed by atoms with Crippen LogP contribution < -0.4 is 0 Å². The standard InChI is InChI=1S/C16H26O/c1-14(2)9-8-12-17-16(3,4)13-15-10-6-5-7-11-15/h5-7,10-11,14H,8-9,12-13H2,1-4H3. The second-order valence-electron chi connectivity index (χ2n) is 5.81. The zero-order chi connectivity index (χ0) is 12.7. The molecule has 0 atom stereocenters. The summed E-state index contributed by atoms with van der Waals surface area (Å²) in [6.07, 6.45) is 3.40. The molecule has 0 heterocycles. The van der Waals surface area contributed by atoms with Crippen LogP contribution in [-0.2, 0) is 11.2 Å². The number of rotatable bonds is 7. The van der Waals surface area contributed by atoms with Crippen molar-refractivity contribution in [1.29, 1.82) is 0 Å². The van der Waals surface area contributed by atoms with Crippen molar-refractivity contribution >= 4 is 0 Å². The van der Waals surface area contributed by atoms with E-state index in [9.17, 15) is 0 Å². The van der Waals surface area contributed by atoms with Crippen LogP contribution in [0.5, 0.6) is 0 Å². The maximum Gasteiger partial charge on any atom is 0.0666 e. The van der Waals surface area contributed by atoms with Gasteiger partial charge in [-0.1, -0.05) is 44.2 Å². The highest BCUT2D eigenvalue weighted by Gasteiger charge is 2.18. The summed E-state index contributed by atoms with van der Waals surface area (Å²) >= 11 is 0. The Morgan fingerprint density at radius 2 is 1.76 bits per heavy atom. The lowest BCUT2D eigenvalue weighted by atomic mass is 9.98. The Morgan fingerprint density at radius 3 is 2.35 bits per heavy atom. The topological polar surface area (TPSA) is 9.23 Å². The summed E-state index contributed by atoms with van der Waals surface area (Å²) in [7, 11) is 0. The number of hydrogen-bond donors (Lipinski definition) is 0. The zero-order valence-electron chi connectivity index (χ0n) is 11.7. The van der Waals surface area contributed by atoms with Crippen LogP contribution in [0.4, 0.5) is 0 Å². The molecule has 1 aromatic carbocycles. The molecular weight excluding hydrogens is 208 g/mol. The van der Waals surface area contributed by atoms with Crippen LogP contribution in [0.15, 0.2) is 30.3 Å². The fourth-order valence-electron chi connectivity index (χ4n) is 1.98. The summed E-state index contributed by atoms with van der Waals surface area (Å²) in [6, 6.07) is 10.6. The van der Waals surface area contributed by atoms with E-state index < -0.39 is 0 Å². The zero-order valence-corrected chi connectivity index (χ0v) is 11.7. The van der Waals surface area contributed by atoms with E-state index in [4.69, 9.17) is 4.74 Å². The van der Waals surface area contributed by atoms with Gasteiger partial charge in [0.2, 0.25) is 0 Å². The van der Waals surface area contributed by atoms with E-state index in [2.05, 4.69) is 58.0 Å². The third-order valence-corrected chi connectivity index (χ3v) is 2.89. The minimum Gasteiger partial charge on any atom is -0.375 e. The molecule has 0 fully saturated rings. The Balaban J connectivity index is 2.31. The molecule has 1 heteroatoms. The third kappa shape index (κ3) is 6.48. The van der Waals surface area contributed by atoms with Crippen molar-refractivity contribution in [2.45, 2.75) is 52.6 Å². The average molecular weight is 234 g/mol. The van der Waals surface area contributed by atoms with Gasteiger partial charge in [-0.05, 0) is 38.2 Å². The van der Waals surface area contributed by atoms with E-state index in [1.165, 1.54) is 12.0 Å². The molecule has 0 aliphatic heterocycles. The Kier molecular flexibility index (Phi) is 5.70. The molecule has 0 aliphatic carbocycles. The average Bonchev–Trinajstić information content (AvgIpc) is 2.25. The number of hydrogen-bond acceptors (Lipinski definition) is 1. The normalized spacial score (nSPS) is 12.1. The van der Waals surface area contributed by atoms with Crippen molar-refractivity contribution in [2.75, 3.05) is 6.61 Å². The van der Waals surface area contributed by atoms with E-state index in [1.54, 1.807) is 0 Å². The first-order valence-electron chi connectivity index (χ1n) is 6.67. The molecule has 96 valence electrons. The SMILES string of the molecule is CC(C)CCCOC(C)(C)Cc1ccccc1. The lowest BCUT2D eigenvalue weighted by molar-refractivity contribution is -0.0194. The molecule has 1 aromatic rings. The van der Waals surface area contributed by atoms with Crippen molar-refractivity contribution in [1.82, 2.24) is 0 Å². The van der Waals surface area contributed by atoms with Crippen LogP contribution in [0, 0.1) is 5.92 Å². The molecule has 0 bridgehead atoms. The summed E-state index contributed by atoms with van der Waals surface area (Å²) < 4.78 is 5.98. The predicted octanol–water partition coefficient (Wildman–Crippen LogP) is 4.46. The predicted molar refractivity (Wildman–Crippen MR) is 74.2 cm³/mol. The Bertz CT molecular complexity index is 301. The van der Waals surface area contributed by atoms with E-state index in [-0.39, 0.29) is 5.60 Å². The maximum atomic E-state index is 5.98. The molecule has 0 spiro atoms. The van der Waals surface area contributed by atoms with Gasteiger partial charge in [-0.2, -0.15) is 0 Å². The molecule has 0 radical (unpaired) electrons. The molecule has 17 heavy (non-hydrogen) atoms. The molecule has 0 aliphatic rings. The minimum absolute atomic E-state index is 0.0572. The largest absolute Gasteiger partial charge is 0.375 e. The van der Waals surface area contributed by atoms with Crippen molar-refractivity contribution in [3.63, 3.8) is 0 Å². The fraction of sp³-hybridized carbons (Fsp3) is 0.625. The fourth-order valence-corrected chi connectivity index (χ4v) is 1.98. The van der Waals surface area contributed by atoms with Gasteiger partial charge in [-0.25, -0.2) is 0 Å². The molecular formula is C16H26O. The first-order valence-corrected chi connectivity index (χ1v) is 6.67.